The van der Waals surface area contributed by atoms with Crippen molar-refractivity contribution >= 4 is 46.0 Å². The van der Waals surface area contributed by atoms with Gasteiger partial charge in [0.25, 0.3) is 5.69 Å². The highest BCUT2D eigenvalue weighted by Gasteiger charge is 2.34. The number of nitro groups is 1. The summed E-state index contributed by atoms with van der Waals surface area (Å²) in [4.78, 5) is 31.5. The quantitative estimate of drug-likeness (QED) is 0.358. The molecule has 2 heterocycles. The number of non-ortho nitro benzene ring substituents is 1. The zero-order valence-electron chi connectivity index (χ0n) is 18.8. The molecule has 1 amide bonds. The van der Waals surface area contributed by atoms with Crippen molar-refractivity contribution in [1.82, 2.24) is 5.32 Å². The molecule has 186 valence electrons. The van der Waals surface area contributed by atoms with Gasteiger partial charge in [-0.2, -0.15) is 0 Å². The summed E-state index contributed by atoms with van der Waals surface area (Å²) in [6, 6.07) is 8.05. The predicted molar refractivity (Wildman–Crippen MR) is 129 cm³/mol. The fraction of sp³-hybridized carbons (Fsp3) is 0.364. The normalized spacial score (nSPS) is 18.3. The molecule has 0 spiro atoms. The van der Waals surface area contributed by atoms with E-state index in [0.29, 0.717) is 17.2 Å². The van der Waals surface area contributed by atoms with Gasteiger partial charge in [0.15, 0.2) is 11.6 Å². The van der Waals surface area contributed by atoms with Crippen LogP contribution >= 0.6 is 12.2 Å². The number of ether oxygens (including phenoxy) is 1. The number of amides is 1. The predicted octanol–water partition coefficient (Wildman–Crippen LogP) is 3.39. The molecule has 35 heavy (non-hydrogen) atoms. The van der Waals surface area contributed by atoms with Crippen LogP contribution in [-0.2, 0) is 9.57 Å². The minimum absolute atomic E-state index is 0.0484. The number of benzene rings is 2. The van der Waals surface area contributed by atoms with Gasteiger partial charge in [0, 0.05) is 37.4 Å². The second-order valence-corrected chi connectivity index (χ2v) is 8.62. The van der Waals surface area contributed by atoms with Gasteiger partial charge in [0.2, 0.25) is 0 Å². The summed E-state index contributed by atoms with van der Waals surface area (Å²) in [5, 5.41) is 15.3. The fourth-order valence-electron chi connectivity index (χ4n) is 3.92. The zero-order valence-corrected chi connectivity index (χ0v) is 19.6. The number of carbonyl (C=O) groups is 1. The molecule has 0 unspecified atom stereocenters. The topological polar surface area (TPSA) is 100 Å². The van der Waals surface area contributed by atoms with E-state index in [0.717, 1.165) is 12.1 Å². The number of hydrogen-bond donors (Lipinski definition) is 1. The number of thiocarbonyl (C=S) groups is 1. The molecule has 1 atom stereocenters. The number of carbonyl (C=O) groups excluding carboxylic acids is 1. The van der Waals surface area contributed by atoms with E-state index in [4.69, 9.17) is 21.8 Å². The average Bonchev–Trinajstić information content (AvgIpc) is 3.02. The highest BCUT2D eigenvalue weighted by molar-refractivity contribution is 7.80. The van der Waals surface area contributed by atoms with E-state index in [1.807, 2.05) is 0 Å². The first-order chi connectivity index (χ1) is 16.7. The first-order valence-corrected chi connectivity index (χ1v) is 11.2. The van der Waals surface area contributed by atoms with Crippen LogP contribution in [0.4, 0.5) is 36.3 Å². The van der Waals surface area contributed by atoms with Crippen LogP contribution in [0.5, 0.6) is 0 Å². The number of nitrogens with one attached hydrogen (secondary N) is 1. The molecule has 0 radical (unpaired) electrons. The molecule has 0 aliphatic carbocycles. The first kappa shape index (κ1) is 24.5. The van der Waals surface area contributed by atoms with Gasteiger partial charge >= 0.3 is 6.09 Å². The third-order valence-corrected chi connectivity index (χ3v) is 5.76. The monoisotopic (exact) mass is 507 g/mol. The van der Waals surface area contributed by atoms with Crippen LogP contribution in [0.15, 0.2) is 36.4 Å². The molecule has 0 aromatic heterocycles. The Morgan fingerprint density at radius 2 is 1.86 bits per heavy atom. The van der Waals surface area contributed by atoms with Gasteiger partial charge in [-0.1, -0.05) is 12.2 Å². The molecule has 0 saturated carbocycles. The molecule has 13 heteroatoms. The second-order valence-electron chi connectivity index (χ2n) is 8.01. The van der Waals surface area contributed by atoms with Gasteiger partial charge in [-0.15, -0.1) is 0 Å². The lowest BCUT2D eigenvalue weighted by molar-refractivity contribution is -0.384. The molecule has 2 aromatic carbocycles. The minimum Gasteiger partial charge on any atom is -0.442 e. The van der Waals surface area contributed by atoms with Crippen LogP contribution in [0.25, 0.3) is 0 Å². The lowest BCUT2D eigenvalue weighted by atomic mass is 10.2. The maximum atomic E-state index is 15.1. The minimum atomic E-state index is -0.812. The van der Waals surface area contributed by atoms with Crippen molar-refractivity contribution in [1.29, 1.82) is 0 Å². The third-order valence-electron chi connectivity index (χ3n) is 5.61. The molecule has 2 aliphatic rings. The number of hydroxylamine groups is 1. The summed E-state index contributed by atoms with van der Waals surface area (Å²) in [6.07, 6.45) is -1.19. The molecule has 1 N–H and O–H groups in total. The van der Waals surface area contributed by atoms with E-state index < -0.39 is 28.8 Å². The van der Waals surface area contributed by atoms with Gasteiger partial charge < -0.3 is 15.0 Å². The number of hydrogen-bond acceptors (Lipinski definition) is 8. The largest absolute Gasteiger partial charge is 0.442 e. The van der Waals surface area contributed by atoms with E-state index in [1.165, 1.54) is 27.0 Å². The molecule has 2 saturated heterocycles. The highest BCUT2D eigenvalue weighted by atomic mass is 32.1. The van der Waals surface area contributed by atoms with Crippen LogP contribution in [0.3, 0.4) is 0 Å². The van der Waals surface area contributed by atoms with Gasteiger partial charge in [-0.05, 0) is 19.1 Å². The summed E-state index contributed by atoms with van der Waals surface area (Å²) >= 11 is 4.95. The molecule has 2 fully saturated rings. The summed E-state index contributed by atoms with van der Waals surface area (Å²) in [6.45, 7) is 3.00. The molecule has 4 rings (SSSR count). The molecule has 2 aromatic rings. The number of anilines is 3. The molecule has 0 bridgehead atoms. The van der Waals surface area contributed by atoms with Crippen LogP contribution in [0, 0.1) is 21.7 Å². The second kappa shape index (κ2) is 10.4. The first-order valence-electron chi connectivity index (χ1n) is 10.8. The smallest absolute Gasteiger partial charge is 0.414 e. The van der Waals surface area contributed by atoms with Crippen molar-refractivity contribution in [2.75, 3.05) is 54.2 Å². The molecule has 2 aliphatic heterocycles. The SMILES string of the molecule is CC(=S)NC[C@H]1CN(c2cc(F)c(N3CCON(c4ccc([N+](=O)[O-])cc4)CC3)c(F)c2)C(=O)O1. The summed E-state index contributed by atoms with van der Waals surface area (Å²) < 4.78 is 35.4. The van der Waals surface area contributed by atoms with Crippen molar-refractivity contribution < 1.29 is 28.1 Å². The summed E-state index contributed by atoms with van der Waals surface area (Å²) in [7, 11) is 0. The maximum absolute atomic E-state index is 15.1. The third kappa shape index (κ3) is 5.57. The Balaban J connectivity index is 1.45. The van der Waals surface area contributed by atoms with Crippen LogP contribution < -0.4 is 20.2 Å². The summed E-state index contributed by atoms with van der Waals surface area (Å²) in [5.74, 6) is -1.62. The van der Waals surface area contributed by atoms with E-state index >= 15 is 8.78 Å². The number of rotatable bonds is 6. The Kier molecular flexibility index (Phi) is 7.26. The Hall–Kier alpha value is -3.58. The van der Waals surface area contributed by atoms with Crippen molar-refractivity contribution in [3.63, 3.8) is 0 Å². The molecular weight excluding hydrogens is 484 g/mol. The van der Waals surface area contributed by atoms with Crippen molar-refractivity contribution in [3.05, 3.63) is 58.1 Å². The lowest BCUT2D eigenvalue weighted by Crippen LogP contribution is -2.33. The van der Waals surface area contributed by atoms with Gasteiger partial charge in [0.05, 0.1) is 47.5 Å². The number of halogens is 2. The average molecular weight is 508 g/mol. The van der Waals surface area contributed by atoms with E-state index in [9.17, 15) is 14.9 Å². The molecular formula is C22H23F2N5O5S. The van der Waals surface area contributed by atoms with Crippen LogP contribution in [-0.4, -0.2) is 61.4 Å². The van der Waals surface area contributed by atoms with Crippen LogP contribution in [0.1, 0.15) is 6.92 Å². The maximum Gasteiger partial charge on any atom is 0.414 e. The Morgan fingerprint density at radius 3 is 2.49 bits per heavy atom. The summed E-state index contributed by atoms with van der Waals surface area (Å²) in [5.41, 5.74) is 0.390. The van der Waals surface area contributed by atoms with E-state index in [2.05, 4.69) is 5.32 Å². The zero-order chi connectivity index (χ0) is 25.1. The Bertz CT molecular complexity index is 1110. The number of cyclic esters (lactones) is 1. The van der Waals surface area contributed by atoms with Crippen molar-refractivity contribution in [3.8, 4) is 0 Å². The number of nitro benzene ring substituents is 1. The molecule has 10 nitrogen and oxygen atoms in total. The lowest BCUT2D eigenvalue weighted by Gasteiger charge is -2.25. The van der Waals surface area contributed by atoms with Gasteiger partial charge in [0.1, 0.15) is 11.8 Å². The van der Waals surface area contributed by atoms with E-state index in [-0.39, 0.29) is 49.8 Å². The van der Waals surface area contributed by atoms with Crippen LogP contribution in [0.2, 0.25) is 0 Å². The Morgan fingerprint density at radius 1 is 1.17 bits per heavy atom. The van der Waals surface area contributed by atoms with Gasteiger partial charge in [-0.25, -0.2) is 13.6 Å². The van der Waals surface area contributed by atoms with Crippen molar-refractivity contribution in [2.45, 2.75) is 13.0 Å². The Labute approximate surface area is 205 Å². The van der Waals surface area contributed by atoms with E-state index in [1.54, 1.807) is 19.1 Å². The van der Waals surface area contributed by atoms with Gasteiger partial charge in [-0.3, -0.25) is 24.9 Å². The highest BCUT2D eigenvalue weighted by Crippen LogP contribution is 2.32. The number of nitrogens with zero attached hydrogens (tertiary/aromatic N) is 4. The van der Waals surface area contributed by atoms with Crippen molar-refractivity contribution in [2.24, 2.45) is 0 Å². The fourth-order valence-corrected chi connectivity index (χ4v) is 4.01. The standard InChI is InChI=1S/C22H23F2N5O5S/c1-14(35)25-12-18-13-27(22(30)34-18)17-10-19(23)21(20(24)11-17)26-6-7-28(33-9-8-26)15-2-4-16(5-3-15)29(31)32/h2-5,10-11,18H,6-9,12-13H2,1H3,(H,25,35)/t18-/m0/s1.